The number of nitrogens with one attached hydrogen (secondary N) is 1. The number of ether oxygens (including phenoxy) is 1. The minimum atomic E-state index is -2.00. The summed E-state index contributed by atoms with van der Waals surface area (Å²) in [5, 5.41) is 2.75. The Kier molecular flexibility index (Phi) is 11.4. The van der Waals surface area contributed by atoms with Crippen molar-refractivity contribution in [1.29, 1.82) is 0 Å². The summed E-state index contributed by atoms with van der Waals surface area (Å²) in [7, 11) is 1.36. The molecular weight excluding hydrogens is 396 g/mol. The first-order chi connectivity index (χ1) is 13.6. The van der Waals surface area contributed by atoms with Gasteiger partial charge in [-0.3, -0.25) is 4.79 Å². The molecule has 0 aliphatic carbocycles. The molecule has 0 aliphatic heterocycles. The highest BCUT2D eigenvalue weighted by atomic mass is 28.4. The van der Waals surface area contributed by atoms with Crippen LogP contribution in [0.2, 0.25) is 16.6 Å². The van der Waals surface area contributed by atoms with Gasteiger partial charge in [0.25, 0.3) is 0 Å². The molecule has 0 unspecified atom stereocenters. The van der Waals surface area contributed by atoms with Gasteiger partial charge in [0.2, 0.25) is 5.91 Å². The molecule has 1 N–H and O–H groups in total. The molecule has 2 amide bonds. The van der Waals surface area contributed by atoms with Crippen LogP contribution in [0.15, 0.2) is 12.7 Å². The second-order valence-electron chi connectivity index (χ2n) is 10.2. The molecule has 0 rings (SSSR count). The van der Waals surface area contributed by atoms with Crippen molar-refractivity contribution in [3.63, 3.8) is 0 Å². The first-order valence-electron chi connectivity index (χ1n) is 11.1. The molecule has 0 radical (unpaired) electrons. The lowest BCUT2D eigenvalue weighted by Crippen LogP contribution is -2.52. The molecule has 176 valence electrons. The molecule has 0 saturated heterocycles. The van der Waals surface area contributed by atoms with Gasteiger partial charge in [-0.15, -0.1) is 6.58 Å². The fraction of sp³-hybridized carbons (Fsp3) is 0.826. The third-order valence-corrected chi connectivity index (χ3v) is 11.7. The Hall–Kier alpha value is -1.34. The molecule has 2 atom stereocenters. The van der Waals surface area contributed by atoms with Crippen molar-refractivity contribution in [2.75, 3.05) is 20.7 Å². The first kappa shape index (κ1) is 28.7. The number of alkyl carbamates (subject to hydrolysis) is 1. The Morgan fingerprint density at radius 2 is 1.50 bits per heavy atom. The molecule has 7 heteroatoms. The maximum atomic E-state index is 12.8. The largest absolute Gasteiger partial charge is 0.444 e. The van der Waals surface area contributed by atoms with Crippen molar-refractivity contribution >= 4 is 20.3 Å². The van der Waals surface area contributed by atoms with E-state index in [9.17, 15) is 9.59 Å². The number of carbonyl (C=O) groups excluding carboxylic acids is 2. The highest BCUT2D eigenvalue weighted by Crippen LogP contribution is 2.42. The van der Waals surface area contributed by atoms with Gasteiger partial charge < -0.3 is 19.4 Å². The van der Waals surface area contributed by atoms with Gasteiger partial charge in [-0.25, -0.2) is 4.79 Å². The summed E-state index contributed by atoms with van der Waals surface area (Å²) in [5.41, 5.74) is 0.816. The van der Waals surface area contributed by atoms with Crippen LogP contribution < -0.4 is 5.32 Å². The van der Waals surface area contributed by atoms with E-state index in [4.69, 9.17) is 9.16 Å². The average Bonchev–Trinajstić information content (AvgIpc) is 2.57. The van der Waals surface area contributed by atoms with Crippen molar-refractivity contribution in [2.24, 2.45) is 5.92 Å². The van der Waals surface area contributed by atoms with Crippen LogP contribution in [0.25, 0.3) is 0 Å². The number of hydrogen-bond donors (Lipinski definition) is 1. The van der Waals surface area contributed by atoms with Crippen LogP contribution in [0.1, 0.15) is 68.7 Å². The Labute approximate surface area is 185 Å². The predicted molar refractivity (Wildman–Crippen MR) is 127 cm³/mol. The van der Waals surface area contributed by atoms with Crippen LogP contribution in [0.4, 0.5) is 4.79 Å². The summed E-state index contributed by atoms with van der Waals surface area (Å²) in [6.07, 6.45) is 1.73. The molecule has 0 aromatic rings. The summed E-state index contributed by atoms with van der Waals surface area (Å²) < 4.78 is 12.0. The molecule has 0 fully saturated rings. The Morgan fingerprint density at radius 3 is 1.83 bits per heavy atom. The zero-order valence-electron chi connectivity index (χ0n) is 21.2. The third kappa shape index (κ3) is 8.06. The standard InChI is InChI=1S/C23H46N2O4Si/c1-13-19(14-15-28-30(16(2)3,17(4)5)18(6)7)20(21(26)25(11)12)24-22(27)29-23(8,9)10/h13,16-20H,1,14-15H2,2-12H3,(H,24,27)/t19-,20+/m1/s1. The Morgan fingerprint density at radius 1 is 1.03 bits per heavy atom. The lowest BCUT2D eigenvalue weighted by Gasteiger charge is -2.42. The quantitative estimate of drug-likeness (QED) is 0.346. The Bertz CT molecular complexity index is 546. The fourth-order valence-electron chi connectivity index (χ4n) is 4.36. The number of nitrogens with zero attached hydrogens (tertiary/aromatic N) is 1. The third-order valence-electron chi connectivity index (χ3n) is 5.62. The highest BCUT2D eigenvalue weighted by molar-refractivity contribution is 6.77. The zero-order chi connectivity index (χ0) is 23.9. The van der Waals surface area contributed by atoms with E-state index < -0.39 is 26.1 Å². The lowest BCUT2D eigenvalue weighted by atomic mass is 9.95. The summed E-state index contributed by atoms with van der Waals surface area (Å²) in [5.74, 6) is -0.448. The molecule has 0 aliphatic rings. The molecule has 0 aromatic heterocycles. The maximum Gasteiger partial charge on any atom is 0.408 e. The van der Waals surface area contributed by atoms with E-state index in [1.54, 1.807) is 40.9 Å². The number of carbonyl (C=O) groups is 2. The van der Waals surface area contributed by atoms with Crippen molar-refractivity contribution in [1.82, 2.24) is 10.2 Å². The minimum Gasteiger partial charge on any atom is -0.444 e. The van der Waals surface area contributed by atoms with Crippen LogP contribution in [-0.2, 0) is 14.0 Å². The monoisotopic (exact) mass is 442 g/mol. The topological polar surface area (TPSA) is 67.9 Å². The summed E-state index contributed by atoms with van der Waals surface area (Å²) in [6, 6.07) is -0.746. The first-order valence-corrected chi connectivity index (χ1v) is 13.2. The number of likely N-dealkylation sites (N-methyl/N-ethyl adjacent to an activating group) is 1. The van der Waals surface area contributed by atoms with Gasteiger partial charge in [-0.2, -0.15) is 0 Å². The molecule has 30 heavy (non-hydrogen) atoms. The van der Waals surface area contributed by atoms with E-state index in [0.717, 1.165) is 0 Å². The molecule has 6 nitrogen and oxygen atoms in total. The zero-order valence-corrected chi connectivity index (χ0v) is 22.2. The minimum absolute atomic E-state index is 0.189. The van der Waals surface area contributed by atoms with Crippen LogP contribution in [-0.4, -0.2) is 57.6 Å². The lowest BCUT2D eigenvalue weighted by molar-refractivity contribution is -0.132. The molecular formula is C23H46N2O4Si. The van der Waals surface area contributed by atoms with E-state index in [1.165, 1.54) is 4.90 Å². The summed E-state index contributed by atoms with van der Waals surface area (Å²) in [4.78, 5) is 26.6. The molecule has 0 bridgehead atoms. The van der Waals surface area contributed by atoms with Gasteiger partial charge in [0.15, 0.2) is 8.32 Å². The summed E-state index contributed by atoms with van der Waals surface area (Å²) >= 11 is 0. The fourth-order valence-corrected chi connectivity index (χ4v) is 9.83. The van der Waals surface area contributed by atoms with Crippen LogP contribution in [0.5, 0.6) is 0 Å². The van der Waals surface area contributed by atoms with Gasteiger partial charge in [0, 0.05) is 26.6 Å². The molecule has 0 aromatic carbocycles. The van der Waals surface area contributed by atoms with Gasteiger partial charge >= 0.3 is 6.09 Å². The van der Waals surface area contributed by atoms with E-state index in [0.29, 0.717) is 29.7 Å². The van der Waals surface area contributed by atoms with Crippen LogP contribution >= 0.6 is 0 Å². The molecule has 0 heterocycles. The smallest absolute Gasteiger partial charge is 0.408 e. The van der Waals surface area contributed by atoms with Crippen molar-refractivity contribution < 1.29 is 18.8 Å². The van der Waals surface area contributed by atoms with E-state index in [1.807, 2.05) is 0 Å². The second kappa shape index (κ2) is 11.9. The van der Waals surface area contributed by atoms with Crippen LogP contribution in [0.3, 0.4) is 0 Å². The second-order valence-corrected chi connectivity index (χ2v) is 15.7. The van der Waals surface area contributed by atoms with Crippen molar-refractivity contribution in [3.8, 4) is 0 Å². The Balaban J connectivity index is 5.47. The predicted octanol–water partition coefficient (Wildman–Crippen LogP) is 5.35. The molecule has 0 spiro atoms. The van der Waals surface area contributed by atoms with Gasteiger partial charge in [0.1, 0.15) is 11.6 Å². The van der Waals surface area contributed by atoms with E-state index >= 15 is 0 Å². The summed E-state index contributed by atoms with van der Waals surface area (Å²) in [6.45, 7) is 23.3. The highest BCUT2D eigenvalue weighted by Gasteiger charge is 2.45. The normalized spacial score (nSPS) is 14.6. The van der Waals surface area contributed by atoms with E-state index in [-0.39, 0.29) is 11.8 Å². The van der Waals surface area contributed by atoms with Gasteiger partial charge in [-0.1, -0.05) is 47.6 Å². The molecule has 0 saturated carbocycles. The number of amides is 2. The van der Waals surface area contributed by atoms with Crippen molar-refractivity contribution in [2.45, 2.75) is 97.0 Å². The maximum absolute atomic E-state index is 12.8. The van der Waals surface area contributed by atoms with Gasteiger partial charge in [-0.05, 0) is 43.8 Å². The number of rotatable bonds is 11. The van der Waals surface area contributed by atoms with Crippen LogP contribution in [0, 0.1) is 5.92 Å². The average molecular weight is 443 g/mol. The number of hydrogen-bond acceptors (Lipinski definition) is 4. The SMILES string of the molecule is C=C[C@H](CCO[Si](C(C)C)(C(C)C)C(C)C)[C@H](NC(=O)OC(C)(C)C)C(=O)N(C)C. The van der Waals surface area contributed by atoms with Crippen molar-refractivity contribution in [3.05, 3.63) is 12.7 Å². The van der Waals surface area contributed by atoms with Gasteiger partial charge in [0.05, 0.1) is 0 Å². The van der Waals surface area contributed by atoms with E-state index in [2.05, 4.69) is 53.4 Å².